The predicted octanol–water partition coefficient (Wildman–Crippen LogP) is 1.48. The molecule has 2 rings (SSSR count). The molecule has 0 aliphatic heterocycles. The van der Waals surface area contributed by atoms with E-state index in [9.17, 15) is 5.11 Å². The average molecular weight is 217 g/mol. The Morgan fingerprint density at radius 3 is 2.69 bits per heavy atom. The minimum Gasteiger partial charge on any atom is -0.387 e. The molecule has 1 aromatic heterocycles. The van der Waals surface area contributed by atoms with Crippen molar-refractivity contribution in [3.05, 3.63) is 47.8 Å². The molecule has 0 bridgehead atoms. The Hall–Kier alpha value is -1.68. The fourth-order valence-electron chi connectivity index (χ4n) is 1.70. The first-order valence-corrected chi connectivity index (χ1v) is 5.34. The van der Waals surface area contributed by atoms with E-state index in [0.29, 0.717) is 6.42 Å². The zero-order valence-corrected chi connectivity index (χ0v) is 9.24. The van der Waals surface area contributed by atoms with Gasteiger partial charge in [0.1, 0.15) is 0 Å². The zero-order valence-electron chi connectivity index (χ0n) is 9.24. The van der Waals surface area contributed by atoms with Gasteiger partial charge in [0.25, 0.3) is 0 Å². The maximum Gasteiger partial charge on any atom is 0.0976 e. The second kappa shape index (κ2) is 4.90. The van der Waals surface area contributed by atoms with Crippen LogP contribution in [-0.2, 0) is 13.5 Å². The molecule has 0 saturated carbocycles. The third-order valence-corrected chi connectivity index (χ3v) is 2.64. The van der Waals surface area contributed by atoms with Gasteiger partial charge in [-0.05, 0) is 18.4 Å². The van der Waals surface area contributed by atoms with E-state index in [-0.39, 0.29) is 0 Å². The van der Waals surface area contributed by atoms with Crippen LogP contribution in [0.2, 0.25) is 0 Å². The highest BCUT2D eigenvalue weighted by Crippen LogP contribution is 2.17. The Labute approximate surface area is 94.5 Å². The van der Waals surface area contributed by atoms with Crippen LogP contribution in [0.15, 0.2) is 36.5 Å². The first kappa shape index (κ1) is 10.8. The lowest BCUT2D eigenvalue weighted by molar-refractivity contribution is 0.158. The van der Waals surface area contributed by atoms with Crippen molar-refractivity contribution in [2.24, 2.45) is 7.05 Å². The molecule has 4 heteroatoms. The number of aromatic nitrogens is 3. The summed E-state index contributed by atoms with van der Waals surface area (Å²) in [6, 6.07) is 10.1. The zero-order chi connectivity index (χ0) is 11.4. The van der Waals surface area contributed by atoms with Crippen LogP contribution in [-0.4, -0.2) is 20.1 Å². The first-order valence-electron chi connectivity index (χ1n) is 5.34. The minimum absolute atomic E-state index is 0.500. The minimum atomic E-state index is -0.500. The summed E-state index contributed by atoms with van der Waals surface area (Å²) in [7, 11) is 1.79. The van der Waals surface area contributed by atoms with Crippen LogP contribution in [0.3, 0.4) is 0 Å². The molecule has 0 amide bonds. The lowest BCUT2D eigenvalue weighted by Gasteiger charge is -2.09. The molecule has 1 aromatic carbocycles. The van der Waals surface area contributed by atoms with Crippen LogP contribution in [0.5, 0.6) is 0 Å². The molecule has 0 radical (unpaired) electrons. The summed E-state index contributed by atoms with van der Waals surface area (Å²) in [4.78, 5) is 0. The highest BCUT2D eigenvalue weighted by Gasteiger charge is 2.11. The third-order valence-electron chi connectivity index (χ3n) is 2.64. The molecule has 4 nitrogen and oxygen atoms in total. The maximum absolute atomic E-state index is 9.95. The molecule has 1 unspecified atom stereocenters. The largest absolute Gasteiger partial charge is 0.387 e. The van der Waals surface area contributed by atoms with Crippen molar-refractivity contribution in [2.75, 3.05) is 0 Å². The van der Waals surface area contributed by atoms with Gasteiger partial charge in [-0.1, -0.05) is 35.5 Å². The fourth-order valence-corrected chi connectivity index (χ4v) is 1.70. The maximum atomic E-state index is 9.95. The Morgan fingerprint density at radius 2 is 2.06 bits per heavy atom. The van der Waals surface area contributed by atoms with Crippen LogP contribution in [0.1, 0.15) is 23.8 Å². The molecule has 2 aromatic rings. The monoisotopic (exact) mass is 217 g/mol. The van der Waals surface area contributed by atoms with Gasteiger partial charge in [0.2, 0.25) is 0 Å². The van der Waals surface area contributed by atoms with E-state index in [0.717, 1.165) is 12.1 Å². The number of benzene rings is 1. The molecule has 0 aliphatic rings. The van der Waals surface area contributed by atoms with Gasteiger partial charge >= 0.3 is 0 Å². The molecule has 0 saturated heterocycles. The fraction of sp³-hybridized carbons (Fsp3) is 0.333. The normalized spacial score (nSPS) is 12.6. The molecule has 16 heavy (non-hydrogen) atoms. The van der Waals surface area contributed by atoms with Crippen LogP contribution in [0, 0.1) is 0 Å². The van der Waals surface area contributed by atoms with E-state index in [1.807, 2.05) is 18.2 Å². The quantitative estimate of drug-likeness (QED) is 0.844. The van der Waals surface area contributed by atoms with Crippen LogP contribution >= 0.6 is 0 Å². The molecule has 0 spiro atoms. The van der Waals surface area contributed by atoms with Crippen LogP contribution in [0.25, 0.3) is 0 Å². The Kier molecular flexibility index (Phi) is 3.31. The average Bonchev–Trinajstić information content (AvgIpc) is 2.74. The number of rotatable bonds is 4. The molecule has 1 heterocycles. The van der Waals surface area contributed by atoms with Crippen molar-refractivity contribution in [1.82, 2.24) is 15.0 Å². The molecule has 84 valence electrons. The lowest BCUT2D eigenvalue weighted by Crippen LogP contribution is -2.06. The van der Waals surface area contributed by atoms with E-state index in [2.05, 4.69) is 22.4 Å². The summed E-state index contributed by atoms with van der Waals surface area (Å²) in [6.07, 6.45) is 2.65. The summed E-state index contributed by atoms with van der Waals surface area (Å²) in [6.45, 7) is 0. The van der Waals surface area contributed by atoms with Gasteiger partial charge in [-0.15, -0.1) is 5.10 Å². The number of hydrogen-bond acceptors (Lipinski definition) is 3. The SMILES string of the molecule is Cn1nncc1C(O)CCc1ccccc1. The molecule has 1 atom stereocenters. The van der Waals surface area contributed by atoms with Crippen LogP contribution < -0.4 is 0 Å². The van der Waals surface area contributed by atoms with E-state index >= 15 is 0 Å². The van der Waals surface area contributed by atoms with E-state index in [1.165, 1.54) is 5.56 Å². The summed E-state index contributed by atoms with van der Waals surface area (Å²) in [5.41, 5.74) is 1.99. The summed E-state index contributed by atoms with van der Waals surface area (Å²) < 4.78 is 1.61. The van der Waals surface area contributed by atoms with Crippen molar-refractivity contribution in [3.63, 3.8) is 0 Å². The van der Waals surface area contributed by atoms with Crippen molar-refractivity contribution >= 4 is 0 Å². The van der Waals surface area contributed by atoms with Crippen LogP contribution in [0.4, 0.5) is 0 Å². The van der Waals surface area contributed by atoms with E-state index in [4.69, 9.17) is 0 Å². The number of hydrogen-bond donors (Lipinski definition) is 1. The summed E-state index contributed by atoms with van der Waals surface area (Å²) in [5, 5.41) is 17.5. The van der Waals surface area contributed by atoms with E-state index in [1.54, 1.807) is 17.9 Å². The van der Waals surface area contributed by atoms with Gasteiger partial charge in [0.15, 0.2) is 0 Å². The summed E-state index contributed by atoms with van der Waals surface area (Å²) in [5.74, 6) is 0. The Bertz CT molecular complexity index is 439. The van der Waals surface area contributed by atoms with Crippen molar-refractivity contribution in [1.29, 1.82) is 0 Å². The Balaban J connectivity index is 1.94. The predicted molar refractivity (Wildman–Crippen MR) is 60.7 cm³/mol. The molecular formula is C12H15N3O. The molecule has 1 N–H and O–H groups in total. The summed E-state index contributed by atoms with van der Waals surface area (Å²) >= 11 is 0. The number of aliphatic hydroxyl groups excluding tert-OH is 1. The van der Waals surface area contributed by atoms with Gasteiger partial charge < -0.3 is 5.11 Å². The van der Waals surface area contributed by atoms with Gasteiger partial charge in [0, 0.05) is 7.05 Å². The first-order chi connectivity index (χ1) is 7.77. The third kappa shape index (κ3) is 2.46. The van der Waals surface area contributed by atoms with E-state index < -0.39 is 6.10 Å². The van der Waals surface area contributed by atoms with Crippen molar-refractivity contribution < 1.29 is 5.11 Å². The second-order valence-corrected chi connectivity index (χ2v) is 3.82. The van der Waals surface area contributed by atoms with Crippen molar-refractivity contribution in [3.8, 4) is 0 Å². The standard InChI is InChI=1S/C12H15N3O/c1-15-11(9-13-14-15)12(16)8-7-10-5-3-2-4-6-10/h2-6,9,12,16H,7-8H2,1H3. The van der Waals surface area contributed by atoms with Crippen molar-refractivity contribution in [2.45, 2.75) is 18.9 Å². The second-order valence-electron chi connectivity index (χ2n) is 3.82. The Morgan fingerprint density at radius 1 is 1.31 bits per heavy atom. The smallest absolute Gasteiger partial charge is 0.0976 e. The highest BCUT2D eigenvalue weighted by molar-refractivity contribution is 5.15. The molecule has 0 fully saturated rings. The number of aliphatic hydroxyl groups is 1. The lowest BCUT2D eigenvalue weighted by atomic mass is 10.1. The van der Waals surface area contributed by atoms with Gasteiger partial charge in [-0.25, -0.2) is 4.68 Å². The number of nitrogens with zero attached hydrogens (tertiary/aromatic N) is 3. The highest BCUT2D eigenvalue weighted by atomic mass is 16.3. The topological polar surface area (TPSA) is 50.9 Å². The number of aryl methyl sites for hydroxylation is 2. The molecule has 0 aliphatic carbocycles. The van der Waals surface area contributed by atoms with Gasteiger partial charge in [0.05, 0.1) is 18.0 Å². The van der Waals surface area contributed by atoms with Gasteiger partial charge in [-0.2, -0.15) is 0 Å². The van der Waals surface area contributed by atoms with Gasteiger partial charge in [-0.3, -0.25) is 0 Å². The molecular weight excluding hydrogens is 202 g/mol.